The van der Waals surface area contributed by atoms with E-state index in [1.54, 1.807) is 0 Å². The number of rotatable bonds is 5. The van der Waals surface area contributed by atoms with Crippen LogP contribution in [-0.4, -0.2) is 22.9 Å². The van der Waals surface area contributed by atoms with Gasteiger partial charge in [-0.3, -0.25) is 10.1 Å². The summed E-state index contributed by atoms with van der Waals surface area (Å²) in [4.78, 5) is 10.5. The molecule has 2 unspecified atom stereocenters. The van der Waals surface area contributed by atoms with E-state index in [-0.39, 0.29) is 30.2 Å². The molecule has 2 aromatic rings. The van der Waals surface area contributed by atoms with Gasteiger partial charge in [0.2, 0.25) is 5.75 Å². The number of ether oxygens (including phenoxy) is 3. The van der Waals surface area contributed by atoms with Gasteiger partial charge >= 0.3 is 17.1 Å². The van der Waals surface area contributed by atoms with Crippen molar-refractivity contribution in [3.8, 4) is 11.5 Å². The molecule has 144 valence electrons. The maximum atomic E-state index is 12.6. The van der Waals surface area contributed by atoms with Crippen molar-refractivity contribution in [1.82, 2.24) is 0 Å². The van der Waals surface area contributed by atoms with Crippen LogP contribution in [0.2, 0.25) is 0 Å². The molecule has 0 amide bonds. The summed E-state index contributed by atoms with van der Waals surface area (Å²) >= 11 is 6.33. The maximum absolute atomic E-state index is 12.6. The summed E-state index contributed by atoms with van der Waals surface area (Å²) in [7, 11) is 0. The first-order chi connectivity index (χ1) is 12.7. The van der Waals surface area contributed by atoms with Crippen LogP contribution in [0.4, 0.5) is 18.9 Å². The number of nitro groups is 1. The number of para-hydroxylation sites is 2. The Labute approximate surface area is 156 Å². The van der Waals surface area contributed by atoms with Crippen LogP contribution >= 0.6 is 11.6 Å². The van der Waals surface area contributed by atoms with Gasteiger partial charge in [-0.1, -0.05) is 12.1 Å². The van der Waals surface area contributed by atoms with E-state index in [1.807, 2.05) is 0 Å². The van der Waals surface area contributed by atoms with Crippen LogP contribution in [0.1, 0.15) is 12.0 Å². The first kappa shape index (κ1) is 19.2. The number of alkyl halides is 4. The highest BCUT2D eigenvalue weighted by molar-refractivity contribution is 6.22. The standard InChI is InChI=1S/C17H13ClF3NO5/c18-16(27-14-4-2-1-3-13(14)22(23)24)15(9-10-25-16)26-12-7-5-11(6-8-12)17(19,20)21/h1-8,15H,9-10H2. The second-order valence-electron chi connectivity index (χ2n) is 5.68. The number of nitro benzene ring substituents is 1. The third-order valence-electron chi connectivity index (χ3n) is 3.83. The zero-order valence-electron chi connectivity index (χ0n) is 13.6. The molecule has 1 aliphatic rings. The second kappa shape index (κ2) is 7.24. The van der Waals surface area contributed by atoms with Crippen molar-refractivity contribution in [3.05, 3.63) is 64.2 Å². The van der Waals surface area contributed by atoms with Gasteiger partial charge in [-0.25, -0.2) is 0 Å². The Bertz CT molecular complexity index is 830. The fourth-order valence-electron chi connectivity index (χ4n) is 2.53. The Kier molecular flexibility index (Phi) is 5.16. The SMILES string of the molecule is O=[N+]([O-])c1ccccc1OC1(Cl)OCCC1Oc1ccc(C(F)(F)F)cc1. The molecule has 10 heteroatoms. The highest BCUT2D eigenvalue weighted by Crippen LogP contribution is 2.39. The molecule has 0 aliphatic carbocycles. The lowest BCUT2D eigenvalue weighted by Gasteiger charge is -2.28. The van der Waals surface area contributed by atoms with Gasteiger partial charge in [0.1, 0.15) is 5.75 Å². The summed E-state index contributed by atoms with van der Waals surface area (Å²) in [6.45, 7) is 0.148. The number of hydrogen-bond donors (Lipinski definition) is 0. The van der Waals surface area contributed by atoms with Crippen molar-refractivity contribution in [2.24, 2.45) is 0 Å². The molecule has 0 N–H and O–H groups in total. The van der Waals surface area contributed by atoms with Crippen LogP contribution < -0.4 is 9.47 Å². The first-order valence-electron chi connectivity index (χ1n) is 7.78. The minimum atomic E-state index is -4.46. The van der Waals surface area contributed by atoms with Crippen molar-refractivity contribution in [1.29, 1.82) is 0 Å². The molecule has 1 fully saturated rings. The molecule has 2 atom stereocenters. The second-order valence-corrected chi connectivity index (χ2v) is 6.20. The molecular formula is C17H13ClF3NO5. The van der Waals surface area contributed by atoms with Crippen LogP contribution in [0.5, 0.6) is 11.5 Å². The van der Waals surface area contributed by atoms with Crippen molar-refractivity contribution < 1.29 is 32.3 Å². The quantitative estimate of drug-likeness (QED) is 0.409. The lowest BCUT2D eigenvalue weighted by Crippen LogP contribution is -2.42. The number of nitrogens with zero attached hydrogens (tertiary/aromatic N) is 1. The molecular weight excluding hydrogens is 391 g/mol. The molecule has 6 nitrogen and oxygen atoms in total. The van der Waals surface area contributed by atoms with E-state index in [4.69, 9.17) is 25.8 Å². The fourth-order valence-corrected chi connectivity index (χ4v) is 2.84. The van der Waals surface area contributed by atoms with Gasteiger partial charge in [-0.2, -0.15) is 13.2 Å². The van der Waals surface area contributed by atoms with Crippen molar-refractivity contribution in [2.75, 3.05) is 6.61 Å². The summed E-state index contributed by atoms with van der Waals surface area (Å²) in [5.41, 5.74) is -1.12. The van der Waals surface area contributed by atoms with Gasteiger partial charge in [0.25, 0.3) is 0 Å². The largest absolute Gasteiger partial charge is 0.482 e. The van der Waals surface area contributed by atoms with Crippen molar-refractivity contribution >= 4 is 17.3 Å². The molecule has 0 aromatic heterocycles. The van der Waals surface area contributed by atoms with Crippen LogP contribution in [0.3, 0.4) is 0 Å². The van der Waals surface area contributed by atoms with E-state index in [9.17, 15) is 23.3 Å². The average molecular weight is 404 g/mol. The minimum Gasteiger partial charge on any atom is -0.482 e. The minimum absolute atomic E-state index is 0.111. The third-order valence-corrected chi connectivity index (χ3v) is 4.26. The lowest BCUT2D eigenvalue weighted by molar-refractivity contribution is -0.386. The molecule has 3 rings (SSSR count). The molecule has 0 spiro atoms. The monoisotopic (exact) mass is 403 g/mol. The Morgan fingerprint density at radius 2 is 1.85 bits per heavy atom. The molecule has 0 bridgehead atoms. The van der Waals surface area contributed by atoms with E-state index in [0.717, 1.165) is 24.3 Å². The molecule has 2 aromatic carbocycles. The van der Waals surface area contributed by atoms with E-state index >= 15 is 0 Å². The molecule has 1 heterocycles. The summed E-state index contributed by atoms with van der Waals surface area (Å²) < 4.78 is 54.4. The van der Waals surface area contributed by atoms with Gasteiger partial charge in [-0.15, -0.1) is 0 Å². The molecule has 27 heavy (non-hydrogen) atoms. The van der Waals surface area contributed by atoms with Gasteiger partial charge in [0.05, 0.1) is 17.1 Å². The first-order valence-corrected chi connectivity index (χ1v) is 8.16. The molecule has 1 saturated heterocycles. The predicted molar refractivity (Wildman–Crippen MR) is 88.7 cm³/mol. The molecule has 0 radical (unpaired) electrons. The number of benzene rings is 2. The van der Waals surface area contributed by atoms with Crippen LogP contribution in [0.15, 0.2) is 48.5 Å². The van der Waals surface area contributed by atoms with Gasteiger partial charge in [-0.05, 0) is 41.9 Å². The maximum Gasteiger partial charge on any atom is 0.416 e. The topological polar surface area (TPSA) is 70.8 Å². The Morgan fingerprint density at radius 3 is 2.48 bits per heavy atom. The van der Waals surface area contributed by atoms with Crippen molar-refractivity contribution in [2.45, 2.75) is 23.9 Å². The highest BCUT2D eigenvalue weighted by Gasteiger charge is 2.48. The highest BCUT2D eigenvalue weighted by atomic mass is 35.5. The predicted octanol–water partition coefficient (Wildman–Crippen LogP) is 4.75. The third kappa shape index (κ3) is 4.25. The lowest BCUT2D eigenvalue weighted by atomic mass is 10.2. The summed E-state index contributed by atoms with van der Waals surface area (Å²) in [5, 5.41) is 9.25. The van der Waals surface area contributed by atoms with Crippen molar-refractivity contribution in [3.63, 3.8) is 0 Å². The normalized spacial score (nSPS) is 22.4. The summed E-state index contributed by atoms with van der Waals surface area (Å²) in [6.07, 6.45) is -5.07. The summed E-state index contributed by atoms with van der Waals surface area (Å²) in [6, 6.07) is 9.68. The van der Waals surface area contributed by atoms with Gasteiger partial charge < -0.3 is 14.2 Å². The zero-order chi connectivity index (χ0) is 19.7. The Balaban J connectivity index is 1.78. The van der Waals surface area contributed by atoms with Crippen LogP contribution in [-0.2, 0) is 10.9 Å². The van der Waals surface area contributed by atoms with E-state index in [1.165, 1.54) is 24.3 Å². The van der Waals surface area contributed by atoms with E-state index in [0.29, 0.717) is 0 Å². The average Bonchev–Trinajstić information content (AvgIpc) is 2.95. The Morgan fingerprint density at radius 1 is 1.19 bits per heavy atom. The van der Waals surface area contributed by atoms with Gasteiger partial charge in [0, 0.05) is 12.5 Å². The molecule has 1 aliphatic heterocycles. The van der Waals surface area contributed by atoms with Crippen LogP contribution in [0, 0.1) is 10.1 Å². The smallest absolute Gasteiger partial charge is 0.416 e. The molecule has 0 saturated carbocycles. The van der Waals surface area contributed by atoms with Gasteiger partial charge in [0.15, 0.2) is 6.10 Å². The Hall–Kier alpha value is -2.52. The van der Waals surface area contributed by atoms with Crippen LogP contribution in [0.25, 0.3) is 0 Å². The van der Waals surface area contributed by atoms with E-state index < -0.39 is 28.0 Å². The number of halogens is 4. The number of hydrogen-bond acceptors (Lipinski definition) is 5. The zero-order valence-corrected chi connectivity index (χ0v) is 14.4. The summed E-state index contributed by atoms with van der Waals surface area (Å²) in [5.74, 6) is 0.0232. The van der Waals surface area contributed by atoms with E-state index in [2.05, 4.69) is 0 Å². The fraction of sp³-hybridized carbons (Fsp3) is 0.294.